The lowest BCUT2D eigenvalue weighted by molar-refractivity contribution is -0.135. The predicted molar refractivity (Wildman–Crippen MR) is 227 cm³/mol. The Labute approximate surface area is 349 Å². The smallest absolute Gasteiger partial charge is 0.407 e. The summed E-state index contributed by atoms with van der Waals surface area (Å²) in [7, 11) is 2.59. The molecule has 60 heavy (non-hydrogen) atoms. The van der Waals surface area contributed by atoms with E-state index in [1.165, 1.54) is 14.2 Å². The molecule has 4 aliphatic rings. The van der Waals surface area contributed by atoms with Gasteiger partial charge in [-0.05, 0) is 83.7 Å². The maximum Gasteiger partial charge on any atom is 0.407 e. The van der Waals surface area contributed by atoms with Crippen LogP contribution < -0.4 is 16.0 Å². The van der Waals surface area contributed by atoms with E-state index in [1.807, 2.05) is 43.7 Å². The van der Waals surface area contributed by atoms with Crippen molar-refractivity contribution in [3.8, 4) is 22.4 Å². The molecule has 0 unspecified atom stereocenters. The molecule has 3 aromatic carbocycles. The van der Waals surface area contributed by atoms with Crippen LogP contribution in [0.4, 0.5) is 15.3 Å². The molecule has 3 saturated heterocycles. The maximum absolute atomic E-state index is 13.8. The number of benzene rings is 3. The first-order chi connectivity index (χ1) is 28.9. The Morgan fingerprint density at radius 2 is 1.32 bits per heavy atom. The van der Waals surface area contributed by atoms with Crippen LogP contribution in [0.3, 0.4) is 0 Å². The number of anilines is 1. The van der Waals surface area contributed by atoms with E-state index in [2.05, 4.69) is 75.5 Å². The number of nitrogens with zero attached hydrogens (tertiary/aromatic N) is 4. The molecule has 316 valence electrons. The molecule has 0 aliphatic carbocycles. The summed E-state index contributed by atoms with van der Waals surface area (Å²) >= 11 is 0. The predicted octanol–water partition coefficient (Wildman–Crippen LogP) is 6.36. The number of carbonyl (C=O) groups is 4. The van der Waals surface area contributed by atoms with Gasteiger partial charge in [-0.2, -0.15) is 0 Å². The minimum atomic E-state index is -0.709. The average Bonchev–Trinajstić information content (AvgIpc) is 4.04. The van der Waals surface area contributed by atoms with Crippen molar-refractivity contribution >= 4 is 46.3 Å². The number of rotatable bonds is 10. The van der Waals surface area contributed by atoms with Gasteiger partial charge in [0.25, 0.3) is 0 Å². The molecule has 0 bridgehead atoms. The Hall–Kier alpha value is -5.96. The van der Waals surface area contributed by atoms with E-state index in [1.54, 1.807) is 0 Å². The number of ether oxygens (including phenoxy) is 3. The number of H-pyrrole nitrogens is 1. The molecular formula is C45H54N8O7. The Kier molecular flexibility index (Phi) is 11.3. The highest BCUT2D eigenvalue weighted by Gasteiger charge is 2.47. The van der Waals surface area contributed by atoms with Gasteiger partial charge in [-0.25, -0.2) is 14.6 Å². The molecule has 8 rings (SSSR count). The zero-order valence-corrected chi connectivity index (χ0v) is 35.0. The van der Waals surface area contributed by atoms with Crippen molar-refractivity contribution in [3.63, 3.8) is 0 Å². The number of fused-ring (bicyclic) bond motifs is 3. The number of nitrogens with one attached hydrogen (secondary N) is 4. The van der Waals surface area contributed by atoms with Gasteiger partial charge in [-0.3, -0.25) is 14.6 Å². The second-order valence-corrected chi connectivity index (χ2v) is 17.0. The normalized spacial score (nSPS) is 20.3. The van der Waals surface area contributed by atoms with Crippen LogP contribution in [0.5, 0.6) is 0 Å². The first-order valence-electron chi connectivity index (χ1n) is 20.9. The highest BCUT2D eigenvalue weighted by atomic mass is 16.5. The second kappa shape index (κ2) is 16.6. The van der Waals surface area contributed by atoms with E-state index < -0.39 is 29.8 Å². The third kappa shape index (κ3) is 7.66. The fraction of sp³-hybridized carbons (Fsp3) is 0.467. The van der Waals surface area contributed by atoms with Crippen molar-refractivity contribution in [2.45, 2.75) is 83.1 Å². The maximum atomic E-state index is 13.8. The minimum Gasteiger partial charge on any atom is -0.453 e. The van der Waals surface area contributed by atoms with E-state index in [0.717, 1.165) is 81.8 Å². The van der Waals surface area contributed by atoms with E-state index in [-0.39, 0.29) is 35.7 Å². The summed E-state index contributed by atoms with van der Waals surface area (Å²) < 4.78 is 15.4. The Bertz CT molecular complexity index is 2330. The van der Waals surface area contributed by atoms with Crippen molar-refractivity contribution in [1.29, 1.82) is 0 Å². The number of likely N-dealkylation sites (tertiary alicyclic amines) is 2. The van der Waals surface area contributed by atoms with Gasteiger partial charge < -0.3 is 44.9 Å². The highest BCUT2D eigenvalue weighted by molar-refractivity contribution is 6.05. The zero-order chi connectivity index (χ0) is 42.3. The van der Waals surface area contributed by atoms with Crippen LogP contribution in [0.25, 0.3) is 33.2 Å². The van der Waals surface area contributed by atoms with Gasteiger partial charge >= 0.3 is 12.2 Å². The fourth-order valence-corrected chi connectivity index (χ4v) is 8.98. The monoisotopic (exact) mass is 818 g/mol. The standard InChI is InChI=1S/C45H54N8O7/c1-25(2)37(49-43(56)58-5)41(54)52-17-7-9-35(52)39-46-22-34(48-39)31-14-13-27-19-28(11-12-29(27)20-31)30-15-16-33-32(21-30)45(23-60-24-45)51-40(47-33)36-10-8-18-53(36)42(55)38(26(3)4)50-44(57)59-6/h11-16,19-22,25-26,35-38H,7-10,17-18,23-24H2,1-6H3,(H,46,48)(H,47,51)(H,49,56)(H,50,57)/t35-,36-,37+,38-/m0/s1. The average molecular weight is 819 g/mol. The summed E-state index contributed by atoms with van der Waals surface area (Å²) in [4.78, 5) is 68.7. The van der Waals surface area contributed by atoms with Crippen LogP contribution in [0.2, 0.25) is 0 Å². The Balaban J connectivity index is 0.996. The van der Waals surface area contributed by atoms with E-state index >= 15 is 0 Å². The van der Waals surface area contributed by atoms with Crippen molar-refractivity contribution < 1.29 is 33.4 Å². The van der Waals surface area contributed by atoms with E-state index in [9.17, 15) is 19.2 Å². The van der Waals surface area contributed by atoms with Crippen LogP contribution in [-0.2, 0) is 29.3 Å². The number of aliphatic imine (C=N–C) groups is 1. The third-order valence-corrected chi connectivity index (χ3v) is 12.4. The highest BCUT2D eigenvalue weighted by Crippen LogP contribution is 2.44. The first-order valence-corrected chi connectivity index (χ1v) is 20.9. The van der Waals surface area contributed by atoms with Gasteiger partial charge in [0.15, 0.2) is 0 Å². The molecule has 15 heteroatoms. The molecule has 15 nitrogen and oxygen atoms in total. The quantitative estimate of drug-likeness (QED) is 0.142. The van der Waals surface area contributed by atoms with Gasteiger partial charge in [0.2, 0.25) is 11.8 Å². The lowest BCUT2D eigenvalue weighted by Crippen LogP contribution is -2.56. The first kappa shape index (κ1) is 40.8. The fourth-order valence-electron chi connectivity index (χ4n) is 8.98. The molecule has 4 amide bonds. The summed E-state index contributed by atoms with van der Waals surface area (Å²) in [5.74, 6) is 0.955. The number of aromatic amines is 1. The van der Waals surface area contributed by atoms with Gasteiger partial charge in [0.1, 0.15) is 29.3 Å². The number of amides is 4. The second-order valence-electron chi connectivity index (χ2n) is 17.0. The van der Waals surface area contributed by atoms with Crippen LogP contribution in [0, 0.1) is 11.8 Å². The van der Waals surface area contributed by atoms with E-state index in [4.69, 9.17) is 24.2 Å². The topological polar surface area (TPSA) is 180 Å². The molecule has 0 radical (unpaired) electrons. The van der Waals surface area contributed by atoms with Crippen LogP contribution in [0.15, 0.2) is 65.8 Å². The summed E-state index contributed by atoms with van der Waals surface area (Å²) in [5.41, 5.74) is 5.44. The third-order valence-electron chi connectivity index (χ3n) is 12.4. The number of hydrogen-bond acceptors (Lipinski definition) is 10. The summed E-state index contributed by atoms with van der Waals surface area (Å²) in [6.07, 6.45) is 3.79. The molecule has 4 aliphatic heterocycles. The van der Waals surface area contributed by atoms with Gasteiger partial charge in [0.05, 0.1) is 51.4 Å². The number of alkyl carbamates (subject to hydrolysis) is 2. The van der Waals surface area contributed by atoms with Gasteiger partial charge in [-0.1, -0.05) is 58.0 Å². The van der Waals surface area contributed by atoms with Crippen molar-refractivity contribution in [2.75, 3.05) is 45.8 Å². The number of carbonyl (C=O) groups excluding carboxylic acids is 4. The SMILES string of the molecule is COC(=O)N[C@H](C(=O)N1CCC[C@H]1C1=NC2(COC2)c2cc(-c3ccc4cc(-c5cnc([C@@H]6CCCN6C(=O)[C@H](NC(=O)OC)C(C)C)[nH]5)ccc4c3)ccc2N1)C(C)C. The molecular weight excluding hydrogens is 765 g/mol. The minimum absolute atomic E-state index is 0.111. The van der Waals surface area contributed by atoms with Crippen LogP contribution >= 0.6 is 0 Å². The zero-order valence-electron chi connectivity index (χ0n) is 35.0. The van der Waals surface area contributed by atoms with Gasteiger partial charge in [0, 0.05) is 29.9 Å². The van der Waals surface area contributed by atoms with Crippen LogP contribution in [-0.4, -0.2) is 108 Å². The Morgan fingerprint density at radius 1 is 0.767 bits per heavy atom. The number of imidazole rings is 1. The molecule has 1 aromatic heterocycles. The molecule has 1 spiro atoms. The number of hydrogen-bond donors (Lipinski definition) is 4. The van der Waals surface area contributed by atoms with Gasteiger partial charge in [-0.15, -0.1) is 0 Å². The van der Waals surface area contributed by atoms with Crippen molar-refractivity contribution in [3.05, 3.63) is 72.2 Å². The number of aromatic nitrogens is 2. The summed E-state index contributed by atoms with van der Waals surface area (Å²) in [5, 5.41) is 11.2. The van der Waals surface area contributed by atoms with E-state index in [0.29, 0.717) is 26.3 Å². The molecule has 3 fully saturated rings. The number of amidine groups is 1. The largest absolute Gasteiger partial charge is 0.453 e. The molecule has 4 atom stereocenters. The molecule has 5 heterocycles. The van der Waals surface area contributed by atoms with Crippen molar-refractivity contribution in [2.24, 2.45) is 16.8 Å². The summed E-state index contributed by atoms with van der Waals surface area (Å²) in [6, 6.07) is 17.3. The molecule has 0 saturated carbocycles. The summed E-state index contributed by atoms with van der Waals surface area (Å²) in [6.45, 7) is 9.70. The molecule has 4 aromatic rings. The lowest BCUT2D eigenvalue weighted by atomic mass is 9.83. The lowest BCUT2D eigenvalue weighted by Gasteiger charge is -2.44. The van der Waals surface area contributed by atoms with Crippen LogP contribution in [0.1, 0.15) is 70.8 Å². The van der Waals surface area contributed by atoms with Crippen molar-refractivity contribution in [1.82, 2.24) is 30.4 Å². The molecule has 4 N–H and O–H groups in total. The Morgan fingerprint density at radius 3 is 1.90 bits per heavy atom. The number of methoxy groups -OCH3 is 2.